The second-order valence-corrected chi connectivity index (χ2v) is 24.5. The Labute approximate surface area is 473 Å². The third kappa shape index (κ3) is 59.9. The van der Waals surface area contributed by atoms with Crippen LogP contribution in [0.4, 0.5) is 0 Å². The summed E-state index contributed by atoms with van der Waals surface area (Å²) >= 11 is 0. The molecule has 0 N–H and O–H groups in total. The molecule has 0 amide bonds. The van der Waals surface area contributed by atoms with Gasteiger partial charge in [0.25, 0.3) is 0 Å². The van der Waals surface area contributed by atoms with E-state index in [1.54, 1.807) is 0 Å². The van der Waals surface area contributed by atoms with Gasteiger partial charge in [-0.1, -0.05) is 328 Å². The number of nitrogens with zero attached hydrogens (tertiary/aromatic N) is 1. The summed E-state index contributed by atoms with van der Waals surface area (Å²) in [4.78, 5) is 37.3. The summed E-state index contributed by atoms with van der Waals surface area (Å²) in [7, 11) is 5.94. The van der Waals surface area contributed by atoms with Crippen molar-refractivity contribution in [2.24, 2.45) is 0 Å². The molecule has 2 atom stereocenters. The number of carbonyl (C=O) groups is 3. The van der Waals surface area contributed by atoms with E-state index >= 15 is 0 Å². The molecular formula is C67H131NO8. The molecule has 0 rings (SSSR count). The Hall–Kier alpha value is -1.71. The first-order valence-corrected chi connectivity index (χ1v) is 33.7. The normalized spacial score (nSPS) is 12.6. The molecule has 2 unspecified atom stereocenters. The summed E-state index contributed by atoms with van der Waals surface area (Å²) in [6, 6.07) is 0. The SMILES string of the molecule is CCCCCCCCCCCCCCCCCCCCCCCCCCCCCCCCCCCCCCCCC(=O)OC(COC(=O)CCCCCCCCCCCCCCC)COC(OCC[N+](C)(C)C)C(=O)[O-]. The molecule has 452 valence electrons. The number of aliphatic carboxylic acids is 1. The first-order valence-electron chi connectivity index (χ1n) is 33.7. The molecule has 0 aromatic heterocycles. The molecule has 76 heavy (non-hydrogen) atoms. The predicted octanol–water partition coefficient (Wildman–Crippen LogP) is 19.0. The van der Waals surface area contributed by atoms with Crippen LogP contribution in [0.1, 0.15) is 354 Å². The van der Waals surface area contributed by atoms with Crippen LogP contribution in [0.5, 0.6) is 0 Å². The smallest absolute Gasteiger partial charge is 0.306 e. The number of hydrogen-bond acceptors (Lipinski definition) is 8. The Kier molecular flexibility index (Phi) is 58.1. The predicted molar refractivity (Wildman–Crippen MR) is 320 cm³/mol. The number of hydrogen-bond donors (Lipinski definition) is 0. The van der Waals surface area contributed by atoms with Gasteiger partial charge in [-0.25, -0.2) is 0 Å². The topological polar surface area (TPSA) is 111 Å². The van der Waals surface area contributed by atoms with Gasteiger partial charge in [0.15, 0.2) is 12.4 Å². The minimum absolute atomic E-state index is 0.153. The van der Waals surface area contributed by atoms with Crippen molar-refractivity contribution in [3.63, 3.8) is 0 Å². The van der Waals surface area contributed by atoms with Crippen molar-refractivity contribution in [3.05, 3.63) is 0 Å². The maximum atomic E-state index is 12.9. The van der Waals surface area contributed by atoms with E-state index in [0.29, 0.717) is 17.4 Å². The fraction of sp³-hybridized carbons (Fsp3) is 0.955. The highest BCUT2D eigenvalue weighted by Crippen LogP contribution is 2.19. The van der Waals surface area contributed by atoms with E-state index in [1.807, 2.05) is 21.1 Å². The van der Waals surface area contributed by atoms with E-state index in [2.05, 4.69) is 13.8 Å². The van der Waals surface area contributed by atoms with Crippen molar-refractivity contribution < 1.29 is 42.9 Å². The van der Waals surface area contributed by atoms with Gasteiger partial charge in [-0.2, -0.15) is 0 Å². The number of esters is 2. The molecule has 9 nitrogen and oxygen atoms in total. The fourth-order valence-corrected chi connectivity index (χ4v) is 10.4. The molecular weight excluding hydrogens is 947 g/mol. The minimum atomic E-state index is -1.61. The Morgan fingerprint density at radius 2 is 0.592 bits per heavy atom. The molecule has 0 aliphatic heterocycles. The van der Waals surface area contributed by atoms with Gasteiger partial charge < -0.3 is 33.3 Å². The number of carbonyl (C=O) groups excluding carboxylic acids is 3. The van der Waals surface area contributed by atoms with Crippen molar-refractivity contribution in [2.45, 2.75) is 367 Å². The maximum Gasteiger partial charge on any atom is 0.306 e. The van der Waals surface area contributed by atoms with Crippen LogP contribution in [0.3, 0.4) is 0 Å². The molecule has 0 aliphatic rings. The Morgan fingerprint density at radius 1 is 0.342 bits per heavy atom. The summed E-state index contributed by atoms with van der Waals surface area (Å²) in [6.45, 7) is 4.81. The van der Waals surface area contributed by atoms with Crippen molar-refractivity contribution in [3.8, 4) is 0 Å². The molecule has 0 radical (unpaired) electrons. The average molecular weight is 1080 g/mol. The summed E-state index contributed by atoms with van der Waals surface area (Å²) in [6.07, 6.45) is 66.4. The largest absolute Gasteiger partial charge is 0.545 e. The number of likely N-dealkylation sites (N-methyl/N-ethyl adjacent to an activating group) is 1. The van der Waals surface area contributed by atoms with Crippen molar-refractivity contribution in [1.29, 1.82) is 0 Å². The van der Waals surface area contributed by atoms with Gasteiger partial charge in [-0.15, -0.1) is 0 Å². The first kappa shape index (κ1) is 74.3. The second kappa shape index (κ2) is 59.4. The van der Waals surface area contributed by atoms with Gasteiger partial charge >= 0.3 is 11.9 Å². The highest BCUT2D eigenvalue weighted by atomic mass is 16.7. The van der Waals surface area contributed by atoms with E-state index in [1.165, 1.54) is 289 Å². The number of rotatable bonds is 64. The lowest BCUT2D eigenvalue weighted by molar-refractivity contribution is -0.870. The van der Waals surface area contributed by atoms with Gasteiger partial charge in [-0.05, 0) is 12.8 Å². The van der Waals surface area contributed by atoms with Crippen LogP contribution in [-0.4, -0.2) is 82.3 Å². The molecule has 0 fully saturated rings. The average Bonchev–Trinajstić information content (AvgIpc) is 3.39. The highest BCUT2D eigenvalue weighted by Gasteiger charge is 2.22. The van der Waals surface area contributed by atoms with Crippen LogP contribution < -0.4 is 5.11 Å². The van der Waals surface area contributed by atoms with E-state index in [0.717, 1.165) is 38.5 Å². The zero-order chi connectivity index (χ0) is 55.5. The Bertz CT molecular complexity index is 1210. The number of ether oxygens (including phenoxy) is 4. The second-order valence-electron chi connectivity index (χ2n) is 24.5. The minimum Gasteiger partial charge on any atom is -0.545 e. The van der Waals surface area contributed by atoms with Gasteiger partial charge in [0.1, 0.15) is 13.2 Å². The standard InChI is InChI=1S/C67H131NO8/c1-6-8-10-12-14-16-18-20-21-22-23-24-25-26-27-28-29-30-31-32-33-34-35-36-37-38-39-40-41-42-43-44-46-48-50-52-54-56-58-65(70)76-63(62-75-67(66(71)72)73-60-59-68(3,4)5)61-74-64(69)57-55-53-51-49-47-45-19-17-15-13-11-9-7-2/h63,67H,6-62H2,1-5H3. The molecule has 0 saturated carbocycles. The zero-order valence-electron chi connectivity index (χ0n) is 51.7. The molecule has 0 aromatic carbocycles. The monoisotopic (exact) mass is 1080 g/mol. The highest BCUT2D eigenvalue weighted by molar-refractivity contribution is 5.70. The van der Waals surface area contributed by atoms with E-state index in [-0.39, 0.29) is 32.2 Å². The number of unbranched alkanes of at least 4 members (excludes halogenated alkanes) is 49. The van der Waals surface area contributed by atoms with Crippen molar-refractivity contribution in [1.82, 2.24) is 0 Å². The third-order valence-corrected chi connectivity index (χ3v) is 15.6. The zero-order valence-corrected chi connectivity index (χ0v) is 51.7. The summed E-state index contributed by atoms with van der Waals surface area (Å²) < 4.78 is 22.7. The van der Waals surface area contributed by atoms with E-state index in [9.17, 15) is 19.5 Å². The molecule has 0 saturated heterocycles. The molecule has 0 bridgehead atoms. The maximum absolute atomic E-state index is 12.9. The summed E-state index contributed by atoms with van der Waals surface area (Å²) in [5.41, 5.74) is 0. The van der Waals surface area contributed by atoms with E-state index in [4.69, 9.17) is 18.9 Å². The number of quaternary nitrogens is 1. The van der Waals surface area contributed by atoms with Crippen LogP contribution in [-0.2, 0) is 33.3 Å². The van der Waals surface area contributed by atoms with Crippen LogP contribution in [0.15, 0.2) is 0 Å². The van der Waals surface area contributed by atoms with Crippen molar-refractivity contribution in [2.75, 3.05) is 47.5 Å². The van der Waals surface area contributed by atoms with Gasteiger partial charge in [0, 0.05) is 12.8 Å². The van der Waals surface area contributed by atoms with Crippen molar-refractivity contribution >= 4 is 17.9 Å². The number of carboxylic acids is 1. The van der Waals surface area contributed by atoms with Crippen LogP contribution in [0.2, 0.25) is 0 Å². The molecule has 0 heterocycles. The lowest BCUT2D eigenvalue weighted by Crippen LogP contribution is -2.44. The molecule has 0 aliphatic carbocycles. The van der Waals surface area contributed by atoms with Gasteiger partial charge in [-0.3, -0.25) is 9.59 Å². The van der Waals surface area contributed by atoms with Crippen LogP contribution in [0, 0.1) is 0 Å². The third-order valence-electron chi connectivity index (χ3n) is 15.6. The molecule has 0 aromatic rings. The van der Waals surface area contributed by atoms with Crippen LogP contribution in [0.25, 0.3) is 0 Å². The van der Waals surface area contributed by atoms with Crippen LogP contribution >= 0.6 is 0 Å². The van der Waals surface area contributed by atoms with E-state index < -0.39 is 24.3 Å². The quantitative estimate of drug-likeness (QED) is 0.0256. The number of carboxylic acid groups (broad SMARTS) is 1. The lowest BCUT2D eigenvalue weighted by Gasteiger charge is -2.26. The fourth-order valence-electron chi connectivity index (χ4n) is 10.4. The van der Waals surface area contributed by atoms with Gasteiger partial charge in [0.05, 0.1) is 40.3 Å². The summed E-state index contributed by atoms with van der Waals surface area (Å²) in [5.74, 6) is -2.25. The molecule has 0 spiro atoms. The summed E-state index contributed by atoms with van der Waals surface area (Å²) in [5, 5.41) is 11.8. The first-order chi connectivity index (χ1) is 37.1. The lowest BCUT2D eigenvalue weighted by atomic mass is 10.0. The Morgan fingerprint density at radius 3 is 0.842 bits per heavy atom. The Balaban J connectivity index is 3.88. The van der Waals surface area contributed by atoms with Gasteiger partial charge in [0.2, 0.25) is 0 Å². The molecule has 9 heteroatoms.